The first-order chi connectivity index (χ1) is 24.4. The summed E-state index contributed by atoms with van der Waals surface area (Å²) in [5.41, 5.74) is 11.6. The second kappa shape index (κ2) is 10.6. The van der Waals surface area contributed by atoms with E-state index in [1.54, 1.807) is 0 Å². The molecule has 0 atom stereocenters. The summed E-state index contributed by atoms with van der Waals surface area (Å²) >= 11 is 0. The number of aromatic nitrogens is 4. The van der Waals surface area contributed by atoms with Gasteiger partial charge in [-0.3, -0.25) is 0 Å². The van der Waals surface area contributed by atoms with Gasteiger partial charge in [0, 0.05) is 14.1 Å². The Morgan fingerprint density at radius 2 is 0.900 bits per heavy atom. The largest absolute Gasteiger partial charge is 0.331 e. The molecule has 0 amide bonds. The van der Waals surface area contributed by atoms with Gasteiger partial charge in [-0.1, -0.05) is 84.9 Å². The first-order valence-corrected chi connectivity index (χ1v) is 17.2. The molecular formula is C46H34N4. The van der Waals surface area contributed by atoms with Crippen LogP contribution in [-0.4, -0.2) is 19.1 Å². The summed E-state index contributed by atoms with van der Waals surface area (Å²) in [4.78, 5) is 9.56. The Balaban J connectivity index is 1.30. The Morgan fingerprint density at radius 1 is 0.400 bits per heavy atom. The monoisotopic (exact) mass is 642 g/mol. The van der Waals surface area contributed by atoms with Gasteiger partial charge in [0.05, 0.1) is 22.1 Å². The van der Waals surface area contributed by atoms with Gasteiger partial charge in [-0.05, 0) is 139 Å². The molecule has 0 radical (unpaired) electrons. The van der Waals surface area contributed by atoms with Crippen LogP contribution < -0.4 is 0 Å². The topological polar surface area (TPSA) is 35.6 Å². The number of hydrogen-bond donors (Lipinski definition) is 0. The highest BCUT2D eigenvalue weighted by atomic mass is 15.1. The highest BCUT2D eigenvalue weighted by molar-refractivity contribution is 6.19. The zero-order chi connectivity index (χ0) is 33.7. The van der Waals surface area contributed by atoms with Crippen LogP contribution in [0.1, 0.15) is 11.6 Å². The lowest BCUT2D eigenvalue weighted by Gasteiger charge is -2.18. The van der Waals surface area contributed by atoms with E-state index < -0.39 is 0 Å². The first-order valence-electron chi connectivity index (χ1n) is 17.2. The van der Waals surface area contributed by atoms with E-state index in [0.717, 1.165) is 33.7 Å². The normalized spacial score (nSPS) is 12.0. The van der Waals surface area contributed by atoms with Crippen molar-refractivity contribution in [2.24, 2.45) is 14.1 Å². The average molecular weight is 643 g/mol. The van der Waals surface area contributed by atoms with Crippen molar-refractivity contribution in [2.45, 2.75) is 13.8 Å². The third kappa shape index (κ3) is 4.25. The molecule has 0 unspecified atom stereocenters. The Morgan fingerprint density at radius 3 is 1.46 bits per heavy atom. The van der Waals surface area contributed by atoms with Crippen molar-refractivity contribution in [3.8, 4) is 33.4 Å². The molecule has 0 N–H and O–H groups in total. The highest BCUT2D eigenvalue weighted by Gasteiger charge is 2.18. The number of benzene rings is 8. The van der Waals surface area contributed by atoms with Crippen LogP contribution in [0, 0.1) is 13.8 Å². The quantitative estimate of drug-likeness (QED) is 0.180. The van der Waals surface area contributed by atoms with E-state index in [0.29, 0.717) is 0 Å². The van der Waals surface area contributed by atoms with Gasteiger partial charge in [-0.15, -0.1) is 0 Å². The highest BCUT2D eigenvalue weighted by Crippen LogP contribution is 2.44. The van der Waals surface area contributed by atoms with Crippen molar-refractivity contribution in [1.82, 2.24) is 19.1 Å². The van der Waals surface area contributed by atoms with Gasteiger partial charge in [-0.25, -0.2) is 9.97 Å². The van der Waals surface area contributed by atoms with Gasteiger partial charge >= 0.3 is 0 Å². The van der Waals surface area contributed by atoms with Crippen molar-refractivity contribution >= 4 is 65.2 Å². The molecule has 0 saturated heterocycles. The minimum Gasteiger partial charge on any atom is -0.331 e. The van der Waals surface area contributed by atoms with Gasteiger partial charge < -0.3 is 9.13 Å². The molecule has 2 aromatic heterocycles. The van der Waals surface area contributed by atoms with E-state index in [2.05, 4.69) is 171 Å². The fourth-order valence-corrected chi connectivity index (χ4v) is 8.03. The fourth-order valence-electron chi connectivity index (χ4n) is 8.03. The zero-order valence-corrected chi connectivity index (χ0v) is 28.5. The third-order valence-corrected chi connectivity index (χ3v) is 10.9. The van der Waals surface area contributed by atoms with E-state index in [1.807, 2.05) is 0 Å². The van der Waals surface area contributed by atoms with Crippen molar-refractivity contribution in [1.29, 1.82) is 0 Å². The number of imidazole rings is 2. The molecule has 0 spiro atoms. The maximum Gasteiger partial charge on any atom is 0.106 e. The lowest BCUT2D eigenvalue weighted by molar-refractivity contribution is 0.886. The number of fused-ring (bicyclic) bond motifs is 6. The molecule has 0 fully saturated rings. The van der Waals surface area contributed by atoms with Crippen LogP contribution in [0.3, 0.4) is 0 Å². The lowest BCUT2D eigenvalue weighted by atomic mass is 9.85. The summed E-state index contributed by atoms with van der Waals surface area (Å²) in [6.07, 6.45) is 0. The van der Waals surface area contributed by atoms with Crippen LogP contribution in [0.2, 0.25) is 0 Å². The Hall–Kier alpha value is -6.26. The molecule has 8 aromatic carbocycles. The summed E-state index contributed by atoms with van der Waals surface area (Å²) in [7, 11) is 4.19. The van der Waals surface area contributed by atoms with E-state index in [4.69, 9.17) is 9.97 Å². The second-order valence-corrected chi connectivity index (χ2v) is 13.7. The van der Waals surface area contributed by atoms with Crippen LogP contribution in [0.25, 0.3) is 98.5 Å². The number of rotatable bonds is 3. The standard InChI is InChI=1S/C46H34N4/c1-27-47-42-19-17-32(24-44(42)49(27)3)36-11-7-13-38-40(36)26-41-37(33-18-20-43-45(25-33)50(4)28(2)48-43)12-8-14-39(41)46(38)34-16-15-31-21-29-9-5-6-10-30(29)22-35(31)23-34/h5-26H,1-4H3. The molecule has 0 aliphatic rings. The predicted octanol–water partition coefficient (Wildman–Crippen LogP) is 11.7. The van der Waals surface area contributed by atoms with Gasteiger partial charge in [0.2, 0.25) is 0 Å². The molecule has 0 saturated carbocycles. The number of hydrogen-bond acceptors (Lipinski definition) is 2. The molecule has 10 aromatic rings. The Labute approximate surface area is 289 Å². The van der Waals surface area contributed by atoms with Crippen LogP contribution in [-0.2, 0) is 14.1 Å². The Bertz CT molecular complexity index is 2890. The molecule has 50 heavy (non-hydrogen) atoms. The average Bonchev–Trinajstić information content (AvgIpc) is 3.60. The summed E-state index contributed by atoms with van der Waals surface area (Å²) in [5.74, 6) is 2.02. The van der Waals surface area contributed by atoms with Crippen molar-refractivity contribution in [2.75, 3.05) is 0 Å². The van der Waals surface area contributed by atoms with E-state index in [1.165, 1.54) is 76.5 Å². The smallest absolute Gasteiger partial charge is 0.106 e. The molecular weight excluding hydrogens is 609 g/mol. The van der Waals surface area contributed by atoms with Crippen molar-refractivity contribution in [3.63, 3.8) is 0 Å². The van der Waals surface area contributed by atoms with Crippen LogP contribution in [0.5, 0.6) is 0 Å². The maximum atomic E-state index is 4.78. The van der Waals surface area contributed by atoms with Gasteiger partial charge in [0.1, 0.15) is 11.6 Å². The zero-order valence-electron chi connectivity index (χ0n) is 28.5. The molecule has 0 aliphatic heterocycles. The summed E-state index contributed by atoms with van der Waals surface area (Å²) in [6.45, 7) is 4.13. The maximum absolute atomic E-state index is 4.78. The lowest BCUT2D eigenvalue weighted by Crippen LogP contribution is -1.92. The molecule has 0 aliphatic carbocycles. The van der Waals surface area contributed by atoms with E-state index >= 15 is 0 Å². The third-order valence-electron chi connectivity index (χ3n) is 10.9. The Kier molecular flexibility index (Phi) is 6.10. The number of aryl methyl sites for hydroxylation is 4. The predicted molar refractivity (Wildman–Crippen MR) is 211 cm³/mol. The minimum atomic E-state index is 1.01. The fraction of sp³-hybridized carbons (Fsp3) is 0.0870. The van der Waals surface area contributed by atoms with Gasteiger partial charge in [0.25, 0.3) is 0 Å². The molecule has 4 nitrogen and oxygen atoms in total. The van der Waals surface area contributed by atoms with Crippen LogP contribution >= 0.6 is 0 Å². The van der Waals surface area contributed by atoms with Gasteiger partial charge in [-0.2, -0.15) is 0 Å². The molecule has 10 rings (SSSR count). The van der Waals surface area contributed by atoms with E-state index in [-0.39, 0.29) is 0 Å². The molecule has 2 heterocycles. The number of nitrogens with zero attached hydrogens (tertiary/aromatic N) is 4. The molecule has 238 valence electrons. The van der Waals surface area contributed by atoms with Crippen LogP contribution in [0.15, 0.2) is 133 Å². The summed E-state index contributed by atoms with van der Waals surface area (Å²) in [6, 6.07) is 49.5. The minimum absolute atomic E-state index is 1.01. The van der Waals surface area contributed by atoms with Crippen molar-refractivity contribution < 1.29 is 0 Å². The SMILES string of the molecule is Cc1nc2ccc(-c3cccc4c(-c5ccc6cc7ccccc7cc6c5)c5cccc(-c6ccc7nc(C)n(C)c7c6)c5cc34)cc2n1C. The van der Waals surface area contributed by atoms with E-state index in [9.17, 15) is 0 Å². The first kappa shape index (κ1) is 28.7. The van der Waals surface area contributed by atoms with Gasteiger partial charge in [0.15, 0.2) is 0 Å². The second-order valence-electron chi connectivity index (χ2n) is 13.7. The van der Waals surface area contributed by atoms with Crippen molar-refractivity contribution in [3.05, 3.63) is 145 Å². The molecule has 0 bridgehead atoms. The van der Waals surface area contributed by atoms with Crippen LogP contribution in [0.4, 0.5) is 0 Å². The summed E-state index contributed by atoms with van der Waals surface area (Å²) in [5, 5.41) is 9.96. The summed E-state index contributed by atoms with van der Waals surface area (Å²) < 4.78 is 4.36. The molecule has 4 heteroatoms.